The van der Waals surface area contributed by atoms with Crippen LogP contribution in [0.3, 0.4) is 0 Å². The van der Waals surface area contributed by atoms with Crippen molar-refractivity contribution in [3.8, 4) is 0 Å². The Bertz CT molecular complexity index is 442. The molecule has 1 atom stereocenters. The second-order valence-corrected chi connectivity index (χ2v) is 6.10. The molecule has 0 spiro atoms. The molecule has 20 heavy (non-hydrogen) atoms. The van der Waals surface area contributed by atoms with Crippen LogP contribution in [0.25, 0.3) is 0 Å². The molecule has 0 bridgehead atoms. The van der Waals surface area contributed by atoms with Crippen LogP contribution >= 0.6 is 11.8 Å². The van der Waals surface area contributed by atoms with Crippen molar-refractivity contribution in [1.29, 1.82) is 0 Å². The minimum absolute atomic E-state index is 0.174. The first kappa shape index (κ1) is 17.0. The van der Waals surface area contributed by atoms with Crippen LogP contribution < -0.4 is 11.1 Å². The van der Waals surface area contributed by atoms with E-state index in [0.717, 1.165) is 18.6 Å². The average molecular weight is 298 g/mol. The van der Waals surface area contributed by atoms with E-state index in [4.69, 9.17) is 5.73 Å². The van der Waals surface area contributed by atoms with Gasteiger partial charge in [0.25, 0.3) is 0 Å². The van der Waals surface area contributed by atoms with Gasteiger partial charge < -0.3 is 11.1 Å². The molecule has 0 saturated heterocycles. The number of rotatable bonds is 9. The summed E-state index contributed by atoms with van der Waals surface area (Å²) < 4.78 is 13.4. The van der Waals surface area contributed by atoms with Gasteiger partial charge in [0.15, 0.2) is 0 Å². The van der Waals surface area contributed by atoms with Crippen molar-refractivity contribution in [2.45, 2.75) is 43.5 Å². The van der Waals surface area contributed by atoms with Crippen molar-refractivity contribution in [1.82, 2.24) is 5.32 Å². The zero-order chi connectivity index (χ0) is 15.0. The van der Waals surface area contributed by atoms with Crippen LogP contribution in [0.5, 0.6) is 0 Å². The lowest BCUT2D eigenvalue weighted by Crippen LogP contribution is -2.52. The Balaban J connectivity index is 2.31. The van der Waals surface area contributed by atoms with E-state index in [1.807, 2.05) is 19.9 Å². The summed E-state index contributed by atoms with van der Waals surface area (Å²) in [4.78, 5) is 12.1. The van der Waals surface area contributed by atoms with Crippen LogP contribution in [0.15, 0.2) is 29.2 Å². The maximum Gasteiger partial charge on any atom is 0.237 e. The van der Waals surface area contributed by atoms with E-state index >= 15 is 0 Å². The second-order valence-electron chi connectivity index (χ2n) is 4.96. The van der Waals surface area contributed by atoms with Gasteiger partial charge in [-0.1, -0.05) is 25.5 Å². The first-order valence-electron chi connectivity index (χ1n) is 6.92. The predicted molar refractivity (Wildman–Crippen MR) is 82.3 cm³/mol. The Labute approximate surface area is 124 Å². The summed E-state index contributed by atoms with van der Waals surface area (Å²) in [6.45, 7) is 4.50. The van der Waals surface area contributed by atoms with Crippen molar-refractivity contribution in [2.75, 3.05) is 12.3 Å². The molecule has 0 saturated carbocycles. The molecule has 0 aromatic heterocycles. The quantitative estimate of drug-likeness (QED) is 0.544. The highest BCUT2D eigenvalue weighted by Gasteiger charge is 2.28. The number of carbonyl (C=O) groups is 1. The van der Waals surface area contributed by atoms with Gasteiger partial charge in [0.1, 0.15) is 5.82 Å². The Kier molecular flexibility index (Phi) is 7.02. The molecular weight excluding hydrogens is 275 g/mol. The average Bonchev–Trinajstić information content (AvgIpc) is 2.40. The van der Waals surface area contributed by atoms with Gasteiger partial charge >= 0.3 is 0 Å². The summed E-state index contributed by atoms with van der Waals surface area (Å²) in [6, 6.07) is 6.78. The van der Waals surface area contributed by atoms with Gasteiger partial charge in [0.05, 0.1) is 5.54 Å². The van der Waals surface area contributed by atoms with E-state index in [1.165, 1.54) is 17.8 Å². The summed E-state index contributed by atoms with van der Waals surface area (Å²) in [5, 5.41) is 3.13. The zero-order valence-electron chi connectivity index (χ0n) is 12.1. The van der Waals surface area contributed by atoms with E-state index in [9.17, 15) is 9.18 Å². The van der Waals surface area contributed by atoms with E-state index in [2.05, 4.69) is 5.32 Å². The van der Waals surface area contributed by atoms with Crippen LogP contribution in [0.4, 0.5) is 4.39 Å². The number of primary amides is 1. The first-order chi connectivity index (χ1) is 9.49. The van der Waals surface area contributed by atoms with Crippen LogP contribution in [0.1, 0.15) is 33.1 Å². The van der Waals surface area contributed by atoms with Gasteiger partial charge in [0.2, 0.25) is 5.91 Å². The lowest BCUT2D eigenvalue weighted by Gasteiger charge is -2.26. The molecule has 1 unspecified atom stereocenters. The van der Waals surface area contributed by atoms with Crippen molar-refractivity contribution >= 4 is 17.7 Å². The number of nitrogens with one attached hydrogen (secondary N) is 1. The lowest BCUT2D eigenvalue weighted by atomic mass is 9.94. The third-order valence-electron chi connectivity index (χ3n) is 3.28. The van der Waals surface area contributed by atoms with Crippen LogP contribution in [0, 0.1) is 5.82 Å². The van der Waals surface area contributed by atoms with Crippen LogP contribution in [0.2, 0.25) is 0 Å². The molecule has 3 nitrogen and oxygen atoms in total. The third kappa shape index (κ3) is 5.13. The van der Waals surface area contributed by atoms with Crippen LogP contribution in [-0.4, -0.2) is 23.7 Å². The standard InChI is InChI=1S/C15H23FN2OS/c1-3-18-15(2,14(17)19)10-6-7-11-20-13-9-5-4-8-12(13)16/h4-5,8-9,18H,3,6-7,10-11H2,1-2H3,(H2,17,19). The molecule has 112 valence electrons. The van der Waals surface area contributed by atoms with Crippen molar-refractivity contribution in [3.05, 3.63) is 30.1 Å². The number of unbranched alkanes of at least 4 members (excludes halogenated alkanes) is 1. The highest BCUT2D eigenvalue weighted by molar-refractivity contribution is 7.99. The van der Waals surface area contributed by atoms with Gasteiger partial charge in [-0.3, -0.25) is 4.79 Å². The molecule has 1 amide bonds. The Hall–Kier alpha value is -1.07. The Morgan fingerprint density at radius 2 is 2.10 bits per heavy atom. The minimum Gasteiger partial charge on any atom is -0.368 e. The second kappa shape index (κ2) is 8.27. The van der Waals surface area contributed by atoms with E-state index in [-0.39, 0.29) is 11.7 Å². The maximum absolute atomic E-state index is 13.4. The van der Waals surface area contributed by atoms with Gasteiger partial charge in [0, 0.05) is 4.90 Å². The number of carbonyl (C=O) groups excluding carboxylic acids is 1. The van der Waals surface area contributed by atoms with Gasteiger partial charge in [-0.05, 0) is 44.2 Å². The van der Waals surface area contributed by atoms with E-state index in [0.29, 0.717) is 17.9 Å². The summed E-state index contributed by atoms with van der Waals surface area (Å²) in [5.41, 5.74) is 4.79. The molecule has 3 N–H and O–H groups in total. The fourth-order valence-corrected chi connectivity index (χ4v) is 2.96. The third-order valence-corrected chi connectivity index (χ3v) is 4.41. The molecular formula is C15H23FN2OS. The molecule has 0 aliphatic heterocycles. The molecule has 0 aliphatic rings. The number of hydrogen-bond acceptors (Lipinski definition) is 3. The highest BCUT2D eigenvalue weighted by atomic mass is 32.2. The molecule has 5 heteroatoms. The van der Waals surface area contributed by atoms with Crippen molar-refractivity contribution in [2.24, 2.45) is 5.73 Å². The molecule has 1 aromatic rings. The number of amides is 1. The Morgan fingerprint density at radius 1 is 1.40 bits per heavy atom. The molecule has 0 aliphatic carbocycles. The largest absolute Gasteiger partial charge is 0.368 e. The lowest BCUT2D eigenvalue weighted by molar-refractivity contribution is -0.124. The van der Waals surface area contributed by atoms with E-state index in [1.54, 1.807) is 12.1 Å². The van der Waals surface area contributed by atoms with Gasteiger partial charge in [-0.25, -0.2) is 4.39 Å². The topological polar surface area (TPSA) is 55.1 Å². The summed E-state index contributed by atoms with van der Waals surface area (Å²) in [6.07, 6.45) is 2.51. The molecule has 0 radical (unpaired) electrons. The fourth-order valence-electron chi connectivity index (χ4n) is 2.01. The maximum atomic E-state index is 13.4. The first-order valence-corrected chi connectivity index (χ1v) is 7.90. The number of halogens is 1. The highest BCUT2D eigenvalue weighted by Crippen LogP contribution is 2.23. The van der Waals surface area contributed by atoms with Gasteiger partial charge in [-0.15, -0.1) is 11.8 Å². The molecule has 0 fully saturated rings. The predicted octanol–water partition coefficient (Wildman–Crippen LogP) is 2.94. The summed E-state index contributed by atoms with van der Waals surface area (Å²) >= 11 is 1.51. The van der Waals surface area contributed by atoms with Gasteiger partial charge in [-0.2, -0.15) is 0 Å². The molecule has 1 aromatic carbocycles. The zero-order valence-corrected chi connectivity index (χ0v) is 12.9. The Morgan fingerprint density at radius 3 is 2.70 bits per heavy atom. The van der Waals surface area contributed by atoms with E-state index < -0.39 is 5.54 Å². The van der Waals surface area contributed by atoms with Crippen molar-refractivity contribution < 1.29 is 9.18 Å². The molecule has 0 heterocycles. The summed E-state index contributed by atoms with van der Waals surface area (Å²) in [7, 11) is 0. The van der Waals surface area contributed by atoms with Crippen molar-refractivity contribution in [3.63, 3.8) is 0 Å². The smallest absolute Gasteiger partial charge is 0.237 e. The fraction of sp³-hybridized carbons (Fsp3) is 0.533. The SMILES string of the molecule is CCNC(C)(CCCCSc1ccccc1F)C(N)=O. The summed E-state index contributed by atoms with van der Waals surface area (Å²) in [5.74, 6) is 0.343. The normalized spacial score (nSPS) is 13.9. The number of thioether (sulfide) groups is 1. The number of benzene rings is 1. The number of likely N-dealkylation sites (N-methyl/N-ethyl adjacent to an activating group) is 1. The number of nitrogens with two attached hydrogens (primary N) is 1. The number of hydrogen-bond donors (Lipinski definition) is 2. The monoisotopic (exact) mass is 298 g/mol. The molecule has 1 rings (SSSR count). The van der Waals surface area contributed by atoms with Crippen LogP contribution in [-0.2, 0) is 4.79 Å². The minimum atomic E-state index is -0.641.